The number of nitrogens with zero attached hydrogens (tertiary/aromatic N) is 5. The van der Waals surface area contributed by atoms with Crippen LogP contribution in [-0.2, 0) is 18.4 Å². The van der Waals surface area contributed by atoms with Crippen LogP contribution in [0.1, 0.15) is 44.0 Å². The molecule has 0 aliphatic heterocycles. The van der Waals surface area contributed by atoms with E-state index >= 15 is 0 Å². The Labute approximate surface area is 124 Å². The number of anilines is 2. The molecule has 2 aromatic heterocycles. The molecule has 0 atom stereocenters. The topological polar surface area (TPSA) is 69.8 Å². The highest BCUT2D eigenvalue weighted by Gasteiger charge is 2.19. The van der Waals surface area contributed by atoms with Crippen LogP contribution >= 0.6 is 0 Å². The third-order valence-electron chi connectivity index (χ3n) is 3.96. The van der Waals surface area contributed by atoms with Gasteiger partial charge in [-0.1, -0.05) is 19.3 Å². The van der Waals surface area contributed by atoms with E-state index in [1.165, 1.54) is 32.1 Å². The van der Waals surface area contributed by atoms with Crippen molar-refractivity contribution >= 4 is 11.8 Å². The molecule has 1 N–H and O–H groups in total. The first-order chi connectivity index (χ1) is 10.3. The molecule has 2 heterocycles. The summed E-state index contributed by atoms with van der Waals surface area (Å²) in [5.41, 5.74) is 0. The highest BCUT2D eigenvalue weighted by atomic mass is 16.5. The summed E-state index contributed by atoms with van der Waals surface area (Å²) in [7, 11) is 3.52. The molecular formula is C14H22N6O. The fourth-order valence-electron chi connectivity index (χ4n) is 2.87. The normalized spacial score (nSPS) is 16.3. The van der Waals surface area contributed by atoms with E-state index in [9.17, 15) is 0 Å². The van der Waals surface area contributed by atoms with E-state index in [0.29, 0.717) is 18.6 Å². The number of methoxy groups -OCH3 is 1. The Morgan fingerprint density at radius 3 is 2.90 bits per heavy atom. The van der Waals surface area contributed by atoms with Crippen molar-refractivity contribution in [2.24, 2.45) is 7.05 Å². The highest BCUT2D eigenvalue weighted by molar-refractivity contribution is 5.47. The Bertz CT molecular complexity index is 584. The molecular weight excluding hydrogens is 268 g/mol. The molecule has 0 spiro atoms. The summed E-state index contributed by atoms with van der Waals surface area (Å²) >= 11 is 0. The Morgan fingerprint density at radius 2 is 2.14 bits per heavy atom. The van der Waals surface area contributed by atoms with Gasteiger partial charge in [0.1, 0.15) is 12.4 Å². The van der Waals surface area contributed by atoms with Crippen LogP contribution in [-0.4, -0.2) is 31.7 Å². The van der Waals surface area contributed by atoms with Crippen molar-refractivity contribution in [3.05, 3.63) is 18.1 Å². The van der Waals surface area contributed by atoms with Gasteiger partial charge in [-0.3, -0.25) is 0 Å². The predicted molar refractivity (Wildman–Crippen MR) is 79.3 cm³/mol. The quantitative estimate of drug-likeness (QED) is 0.915. The average Bonchev–Trinajstić information content (AvgIpc) is 3.08. The molecule has 1 fully saturated rings. The zero-order valence-corrected chi connectivity index (χ0v) is 12.6. The highest BCUT2D eigenvalue weighted by Crippen LogP contribution is 2.30. The predicted octanol–water partition coefficient (Wildman–Crippen LogP) is 2.41. The molecule has 114 valence electrons. The second-order valence-electron chi connectivity index (χ2n) is 5.49. The standard InChI is InChI=1S/C14H22N6O/c1-19-13(10-21-2)17-14(18-19)16-12-8-9-15-20(12)11-6-4-3-5-7-11/h8-9,11H,3-7,10H2,1-2H3,(H,16,18). The summed E-state index contributed by atoms with van der Waals surface area (Å²) in [6.07, 6.45) is 8.12. The second-order valence-corrected chi connectivity index (χ2v) is 5.49. The van der Waals surface area contributed by atoms with Crippen molar-refractivity contribution in [3.63, 3.8) is 0 Å². The summed E-state index contributed by atoms with van der Waals surface area (Å²) in [6, 6.07) is 2.46. The minimum Gasteiger partial charge on any atom is -0.377 e. The first-order valence-electron chi connectivity index (χ1n) is 7.47. The van der Waals surface area contributed by atoms with Gasteiger partial charge in [0.25, 0.3) is 0 Å². The molecule has 2 aromatic rings. The molecule has 1 aliphatic rings. The minimum absolute atomic E-state index is 0.451. The fraction of sp³-hybridized carbons (Fsp3) is 0.643. The van der Waals surface area contributed by atoms with Gasteiger partial charge in [0, 0.05) is 20.2 Å². The van der Waals surface area contributed by atoms with Crippen molar-refractivity contribution in [3.8, 4) is 0 Å². The lowest BCUT2D eigenvalue weighted by Crippen LogP contribution is -2.16. The molecule has 7 nitrogen and oxygen atoms in total. The summed E-state index contributed by atoms with van der Waals surface area (Å²) in [6.45, 7) is 0.451. The molecule has 1 saturated carbocycles. The largest absolute Gasteiger partial charge is 0.377 e. The number of hydrogen-bond acceptors (Lipinski definition) is 5. The van der Waals surface area contributed by atoms with E-state index in [0.717, 1.165) is 11.6 Å². The molecule has 1 aliphatic carbocycles. The van der Waals surface area contributed by atoms with Crippen LogP contribution in [0.5, 0.6) is 0 Å². The third kappa shape index (κ3) is 3.07. The van der Waals surface area contributed by atoms with Crippen LogP contribution < -0.4 is 5.32 Å². The van der Waals surface area contributed by atoms with E-state index in [4.69, 9.17) is 4.74 Å². The van der Waals surface area contributed by atoms with Gasteiger partial charge in [0.05, 0.1) is 12.2 Å². The minimum atomic E-state index is 0.451. The van der Waals surface area contributed by atoms with Crippen LogP contribution in [0.25, 0.3) is 0 Å². The van der Waals surface area contributed by atoms with Crippen LogP contribution in [0.3, 0.4) is 0 Å². The number of aryl methyl sites for hydroxylation is 1. The molecule has 0 amide bonds. The van der Waals surface area contributed by atoms with Gasteiger partial charge >= 0.3 is 0 Å². The van der Waals surface area contributed by atoms with Crippen molar-refractivity contribution in [2.75, 3.05) is 12.4 Å². The van der Waals surface area contributed by atoms with Gasteiger partial charge in [0.15, 0.2) is 5.82 Å². The Kier molecular flexibility index (Phi) is 4.19. The number of aromatic nitrogens is 5. The van der Waals surface area contributed by atoms with Crippen molar-refractivity contribution in [1.29, 1.82) is 0 Å². The summed E-state index contributed by atoms with van der Waals surface area (Å²) in [5, 5.41) is 12.1. The number of rotatable bonds is 5. The molecule has 0 radical (unpaired) electrons. The van der Waals surface area contributed by atoms with Gasteiger partial charge < -0.3 is 10.1 Å². The number of ether oxygens (including phenoxy) is 1. The SMILES string of the molecule is COCc1nc(Nc2ccnn2C2CCCCC2)nn1C. The summed E-state index contributed by atoms with van der Waals surface area (Å²) in [4.78, 5) is 4.44. The molecule has 0 bridgehead atoms. The van der Waals surface area contributed by atoms with Gasteiger partial charge in [-0.2, -0.15) is 10.1 Å². The molecule has 21 heavy (non-hydrogen) atoms. The van der Waals surface area contributed by atoms with Crippen LogP contribution in [0.4, 0.5) is 11.8 Å². The summed E-state index contributed by atoms with van der Waals surface area (Å²) in [5.74, 6) is 2.34. The van der Waals surface area contributed by atoms with Gasteiger partial charge in [-0.05, 0) is 12.8 Å². The maximum absolute atomic E-state index is 5.11. The maximum atomic E-state index is 5.11. The Morgan fingerprint density at radius 1 is 1.33 bits per heavy atom. The maximum Gasteiger partial charge on any atom is 0.248 e. The molecule has 7 heteroatoms. The van der Waals surface area contributed by atoms with Gasteiger partial charge in [-0.15, -0.1) is 5.10 Å². The second kappa shape index (κ2) is 6.26. The zero-order valence-electron chi connectivity index (χ0n) is 12.6. The fourth-order valence-corrected chi connectivity index (χ4v) is 2.87. The van der Waals surface area contributed by atoms with Crippen LogP contribution in [0.2, 0.25) is 0 Å². The molecule has 3 rings (SSSR count). The van der Waals surface area contributed by atoms with Gasteiger partial charge in [-0.25, -0.2) is 9.36 Å². The first-order valence-corrected chi connectivity index (χ1v) is 7.47. The third-order valence-corrected chi connectivity index (χ3v) is 3.96. The van der Waals surface area contributed by atoms with Crippen LogP contribution in [0, 0.1) is 0 Å². The van der Waals surface area contributed by atoms with Crippen LogP contribution in [0.15, 0.2) is 12.3 Å². The summed E-state index contributed by atoms with van der Waals surface area (Å²) < 4.78 is 8.91. The Hall–Kier alpha value is -1.89. The molecule has 0 saturated heterocycles. The lowest BCUT2D eigenvalue weighted by molar-refractivity contribution is 0.174. The van der Waals surface area contributed by atoms with E-state index in [2.05, 4.69) is 25.2 Å². The van der Waals surface area contributed by atoms with Crippen molar-refractivity contribution < 1.29 is 4.74 Å². The first kappa shape index (κ1) is 14.1. The van der Waals surface area contributed by atoms with E-state index in [1.54, 1.807) is 11.8 Å². The van der Waals surface area contributed by atoms with Gasteiger partial charge in [0.2, 0.25) is 5.95 Å². The molecule has 0 aromatic carbocycles. The lowest BCUT2D eigenvalue weighted by atomic mass is 9.96. The lowest BCUT2D eigenvalue weighted by Gasteiger charge is -2.23. The van der Waals surface area contributed by atoms with Crippen molar-refractivity contribution in [2.45, 2.75) is 44.8 Å². The van der Waals surface area contributed by atoms with Crippen molar-refractivity contribution in [1.82, 2.24) is 24.5 Å². The smallest absolute Gasteiger partial charge is 0.248 e. The average molecular weight is 290 g/mol. The van der Waals surface area contributed by atoms with E-state index < -0.39 is 0 Å². The molecule has 0 unspecified atom stereocenters. The van der Waals surface area contributed by atoms with E-state index in [-0.39, 0.29) is 0 Å². The Balaban J connectivity index is 1.76. The number of hydrogen-bond donors (Lipinski definition) is 1. The zero-order chi connectivity index (χ0) is 14.7. The van der Waals surface area contributed by atoms with E-state index in [1.807, 2.05) is 19.3 Å². The monoisotopic (exact) mass is 290 g/mol. The number of nitrogens with one attached hydrogen (secondary N) is 1.